The number of anilines is 1. The summed E-state index contributed by atoms with van der Waals surface area (Å²) in [6, 6.07) is 4.96. The second-order valence-corrected chi connectivity index (χ2v) is 3.78. The number of nitrogens with zero attached hydrogens (tertiary/aromatic N) is 1. The lowest BCUT2D eigenvalue weighted by Crippen LogP contribution is -2.32. The van der Waals surface area contributed by atoms with Crippen molar-refractivity contribution >= 4 is 29.2 Å². The lowest BCUT2D eigenvalue weighted by atomic mass is 10.3. The molecule has 1 aromatic carbocycles. The Morgan fingerprint density at radius 3 is 2.53 bits per heavy atom. The van der Waals surface area contributed by atoms with Crippen LogP contribution in [0.5, 0.6) is 5.88 Å². The number of hydrogen-bond donors (Lipinski definition) is 3. The average molecular weight is 245 g/mol. The zero-order chi connectivity index (χ0) is 11.0. The first-order valence-electron chi connectivity index (χ1n) is 4.13. The maximum absolute atomic E-state index is 9.52. The van der Waals surface area contributed by atoms with Gasteiger partial charge in [0, 0.05) is 0 Å². The van der Waals surface area contributed by atoms with Gasteiger partial charge in [-0.2, -0.15) is 4.57 Å². The Kier molecular flexibility index (Phi) is 2.46. The Morgan fingerprint density at radius 2 is 2.00 bits per heavy atom. The van der Waals surface area contributed by atoms with Gasteiger partial charge in [0.05, 0.1) is 10.0 Å². The summed E-state index contributed by atoms with van der Waals surface area (Å²) in [5, 5.41) is 10.4. The van der Waals surface area contributed by atoms with Crippen molar-refractivity contribution in [3.63, 3.8) is 0 Å². The molecule has 0 atom stereocenters. The summed E-state index contributed by atoms with van der Waals surface area (Å²) in [5.41, 5.74) is 6.27. The molecule has 4 nitrogen and oxygen atoms in total. The lowest BCUT2D eigenvalue weighted by molar-refractivity contribution is -0.586. The van der Waals surface area contributed by atoms with E-state index in [-0.39, 0.29) is 5.88 Å². The van der Waals surface area contributed by atoms with Gasteiger partial charge in [-0.3, -0.25) is 5.73 Å². The Morgan fingerprint density at radius 1 is 1.27 bits per heavy atom. The summed E-state index contributed by atoms with van der Waals surface area (Å²) in [4.78, 5) is 2.68. The molecule has 0 aliphatic rings. The number of nitrogen functional groups attached to an aromatic ring is 1. The number of aromatic hydroxyl groups is 1. The van der Waals surface area contributed by atoms with Gasteiger partial charge < -0.3 is 5.11 Å². The molecule has 1 heterocycles. The minimum absolute atomic E-state index is 0.00545. The first-order valence-corrected chi connectivity index (χ1v) is 4.88. The molecule has 6 heteroatoms. The van der Waals surface area contributed by atoms with Crippen LogP contribution in [0.2, 0.25) is 10.0 Å². The Hall–Kier alpha value is -1.39. The molecule has 0 spiro atoms. The van der Waals surface area contributed by atoms with Crippen LogP contribution in [0.3, 0.4) is 0 Å². The van der Waals surface area contributed by atoms with Crippen LogP contribution in [0.15, 0.2) is 24.4 Å². The van der Waals surface area contributed by atoms with Crippen molar-refractivity contribution < 1.29 is 9.67 Å². The van der Waals surface area contributed by atoms with Gasteiger partial charge in [0.15, 0.2) is 0 Å². The molecule has 2 rings (SSSR count). The molecular formula is C9H8Cl2N3O+. The van der Waals surface area contributed by atoms with E-state index in [9.17, 15) is 5.11 Å². The van der Waals surface area contributed by atoms with Crippen LogP contribution >= 0.6 is 23.2 Å². The number of halogens is 2. The van der Waals surface area contributed by atoms with E-state index in [1.54, 1.807) is 18.2 Å². The van der Waals surface area contributed by atoms with Crippen LogP contribution in [-0.4, -0.2) is 10.1 Å². The molecule has 0 bridgehead atoms. The van der Waals surface area contributed by atoms with Crippen molar-refractivity contribution in [3.05, 3.63) is 34.4 Å². The van der Waals surface area contributed by atoms with Crippen molar-refractivity contribution in [2.45, 2.75) is 0 Å². The molecule has 0 radical (unpaired) electrons. The first-order chi connectivity index (χ1) is 7.09. The molecule has 15 heavy (non-hydrogen) atoms. The van der Waals surface area contributed by atoms with E-state index in [0.29, 0.717) is 21.7 Å². The van der Waals surface area contributed by atoms with Crippen LogP contribution in [0.1, 0.15) is 0 Å². The number of hydrogen-bond acceptors (Lipinski definition) is 2. The number of imidazole rings is 1. The fourth-order valence-electron chi connectivity index (χ4n) is 1.29. The maximum atomic E-state index is 9.52. The fourth-order valence-corrected chi connectivity index (χ4v) is 1.58. The van der Waals surface area contributed by atoms with Gasteiger partial charge in [-0.1, -0.05) is 23.2 Å². The van der Waals surface area contributed by atoms with Gasteiger partial charge in [0.25, 0.3) is 5.88 Å². The summed E-state index contributed by atoms with van der Waals surface area (Å²) in [7, 11) is 0. The van der Waals surface area contributed by atoms with E-state index in [4.69, 9.17) is 28.9 Å². The molecule has 2 aromatic rings. The number of H-pyrrole nitrogens is 1. The third-order valence-electron chi connectivity index (χ3n) is 1.98. The second-order valence-electron chi connectivity index (χ2n) is 2.97. The van der Waals surface area contributed by atoms with Crippen molar-refractivity contribution in [2.75, 3.05) is 5.73 Å². The fraction of sp³-hybridized carbons (Fsp3) is 0. The van der Waals surface area contributed by atoms with Crippen molar-refractivity contribution in [3.8, 4) is 11.6 Å². The van der Waals surface area contributed by atoms with E-state index in [2.05, 4.69) is 4.98 Å². The predicted octanol–water partition coefficient (Wildman–Crippen LogP) is 1.89. The van der Waals surface area contributed by atoms with E-state index < -0.39 is 0 Å². The summed E-state index contributed by atoms with van der Waals surface area (Å²) >= 11 is 11.6. The molecule has 4 N–H and O–H groups in total. The smallest absolute Gasteiger partial charge is 0.360 e. The highest BCUT2D eigenvalue weighted by molar-refractivity contribution is 6.42. The largest absolute Gasteiger partial charge is 0.481 e. The Balaban J connectivity index is 2.59. The highest BCUT2D eigenvalue weighted by Gasteiger charge is 2.15. The van der Waals surface area contributed by atoms with E-state index in [1.807, 2.05) is 0 Å². The number of aromatic amines is 1. The monoisotopic (exact) mass is 244 g/mol. The molecule has 1 aromatic heterocycles. The normalized spacial score (nSPS) is 10.5. The number of nitrogens with one attached hydrogen (secondary N) is 1. The molecule has 0 saturated carbocycles. The molecule has 0 aliphatic heterocycles. The molecule has 0 fully saturated rings. The standard InChI is InChI=1S/C9H7Cl2N3O/c10-6-2-1-5(3-7(6)11)14-8(15)4-13-9(14)12/h1-4H,(H3,12,13,15)/p+1. The van der Waals surface area contributed by atoms with Crippen molar-refractivity contribution in [1.29, 1.82) is 0 Å². The predicted molar refractivity (Wildman–Crippen MR) is 58.4 cm³/mol. The zero-order valence-corrected chi connectivity index (χ0v) is 9.05. The second kappa shape index (κ2) is 3.64. The summed E-state index contributed by atoms with van der Waals surface area (Å²) in [6.45, 7) is 0. The minimum Gasteiger partial charge on any atom is -0.481 e. The Labute approximate surface area is 95.9 Å². The van der Waals surface area contributed by atoms with Crippen LogP contribution in [-0.2, 0) is 0 Å². The van der Waals surface area contributed by atoms with Crippen LogP contribution < -0.4 is 10.3 Å². The average Bonchev–Trinajstić information content (AvgIpc) is 2.52. The Bertz CT molecular complexity index is 491. The lowest BCUT2D eigenvalue weighted by Gasteiger charge is -2.01. The van der Waals surface area contributed by atoms with Crippen molar-refractivity contribution in [2.24, 2.45) is 0 Å². The third-order valence-corrected chi connectivity index (χ3v) is 2.72. The SMILES string of the molecule is Nc1[nH]cc(O)[n+]1-c1ccc(Cl)c(Cl)c1. The number of aromatic nitrogens is 2. The van der Waals surface area contributed by atoms with Crippen molar-refractivity contribution in [1.82, 2.24) is 4.98 Å². The van der Waals surface area contributed by atoms with Gasteiger partial charge in [0.1, 0.15) is 11.9 Å². The highest BCUT2D eigenvalue weighted by atomic mass is 35.5. The first kappa shape index (κ1) is 10.1. The molecule has 78 valence electrons. The molecule has 0 aliphatic carbocycles. The summed E-state index contributed by atoms with van der Waals surface area (Å²) in [5.74, 6) is 0.316. The van der Waals surface area contributed by atoms with E-state index >= 15 is 0 Å². The van der Waals surface area contributed by atoms with Gasteiger partial charge in [-0.05, 0) is 18.2 Å². The van der Waals surface area contributed by atoms with Crippen LogP contribution in [0.25, 0.3) is 5.69 Å². The zero-order valence-electron chi connectivity index (χ0n) is 7.54. The van der Waals surface area contributed by atoms with Gasteiger partial charge in [-0.25, -0.2) is 4.98 Å². The molecular weight excluding hydrogens is 237 g/mol. The van der Waals surface area contributed by atoms with Crippen LogP contribution in [0.4, 0.5) is 5.95 Å². The number of benzene rings is 1. The highest BCUT2D eigenvalue weighted by Crippen LogP contribution is 2.23. The van der Waals surface area contributed by atoms with E-state index in [1.165, 1.54) is 10.8 Å². The molecule has 0 amide bonds. The minimum atomic E-state index is 0.00545. The van der Waals surface area contributed by atoms with E-state index in [0.717, 1.165) is 0 Å². The van der Waals surface area contributed by atoms with Gasteiger partial charge >= 0.3 is 5.95 Å². The molecule has 0 saturated heterocycles. The van der Waals surface area contributed by atoms with Gasteiger partial charge in [0.2, 0.25) is 0 Å². The van der Waals surface area contributed by atoms with Crippen LogP contribution in [0, 0.1) is 0 Å². The molecule has 0 unspecified atom stereocenters. The summed E-state index contributed by atoms with van der Waals surface area (Å²) in [6.07, 6.45) is 1.39. The summed E-state index contributed by atoms with van der Waals surface area (Å²) < 4.78 is 1.42. The van der Waals surface area contributed by atoms with Gasteiger partial charge in [-0.15, -0.1) is 0 Å². The topological polar surface area (TPSA) is 65.9 Å². The quantitative estimate of drug-likeness (QED) is 0.671. The number of rotatable bonds is 1. The third kappa shape index (κ3) is 1.73. The maximum Gasteiger partial charge on any atom is 0.360 e. The number of nitrogens with two attached hydrogens (primary N) is 1.